The van der Waals surface area contributed by atoms with Gasteiger partial charge in [0.25, 0.3) is 0 Å². The molecule has 2 heteroatoms. The van der Waals surface area contributed by atoms with Crippen LogP contribution in [0.5, 0.6) is 0 Å². The second-order valence-corrected chi connectivity index (χ2v) is 2.45. The molecule has 0 unspecified atom stereocenters. The van der Waals surface area contributed by atoms with E-state index in [4.69, 9.17) is 4.42 Å². The molecule has 0 fully saturated rings. The lowest BCUT2D eigenvalue weighted by molar-refractivity contribution is 0.519. The van der Waals surface area contributed by atoms with Crippen molar-refractivity contribution >= 4 is 0 Å². The second-order valence-electron chi connectivity index (χ2n) is 2.45. The van der Waals surface area contributed by atoms with Gasteiger partial charge < -0.3 is 9.40 Å². The Hall–Kier alpha value is -1.44. The van der Waals surface area contributed by atoms with Crippen LogP contribution in [0.3, 0.4) is 0 Å². The van der Waals surface area contributed by atoms with Crippen LogP contribution in [0, 0.1) is 0 Å². The summed E-state index contributed by atoms with van der Waals surface area (Å²) >= 11 is 0. The van der Waals surface area contributed by atoms with Gasteiger partial charge in [0.05, 0.1) is 6.26 Å². The third-order valence-electron chi connectivity index (χ3n) is 1.61. The number of nitrogens with one attached hydrogen (secondary N) is 1. The molecular formula is C9H9NO. The summed E-state index contributed by atoms with van der Waals surface area (Å²) in [6.45, 7) is 0. The SMILES string of the molecule is c1c[nH]c(Cc2ccco2)c1. The molecule has 2 aromatic rings. The fourth-order valence-corrected chi connectivity index (χ4v) is 1.08. The first-order chi connectivity index (χ1) is 5.45. The Morgan fingerprint density at radius 1 is 1.27 bits per heavy atom. The van der Waals surface area contributed by atoms with E-state index in [1.165, 1.54) is 5.69 Å². The number of furan rings is 1. The number of H-pyrrole nitrogens is 1. The van der Waals surface area contributed by atoms with Crippen molar-refractivity contribution in [1.82, 2.24) is 4.98 Å². The van der Waals surface area contributed by atoms with E-state index in [-0.39, 0.29) is 0 Å². The van der Waals surface area contributed by atoms with Crippen LogP contribution in [0.25, 0.3) is 0 Å². The van der Waals surface area contributed by atoms with Crippen molar-refractivity contribution < 1.29 is 4.42 Å². The third-order valence-corrected chi connectivity index (χ3v) is 1.61. The Balaban J connectivity index is 2.14. The molecular weight excluding hydrogens is 138 g/mol. The van der Waals surface area contributed by atoms with E-state index in [9.17, 15) is 0 Å². The number of rotatable bonds is 2. The van der Waals surface area contributed by atoms with Crippen molar-refractivity contribution in [2.24, 2.45) is 0 Å². The highest BCUT2D eigenvalue weighted by Gasteiger charge is 1.96. The summed E-state index contributed by atoms with van der Waals surface area (Å²) in [5.74, 6) is 0.993. The van der Waals surface area contributed by atoms with Crippen LogP contribution in [-0.4, -0.2) is 4.98 Å². The van der Waals surface area contributed by atoms with E-state index >= 15 is 0 Å². The van der Waals surface area contributed by atoms with Gasteiger partial charge in [0.2, 0.25) is 0 Å². The lowest BCUT2D eigenvalue weighted by Gasteiger charge is -1.91. The molecule has 11 heavy (non-hydrogen) atoms. The maximum atomic E-state index is 5.19. The summed E-state index contributed by atoms with van der Waals surface area (Å²) in [6, 6.07) is 7.90. The predicted octanol–water partition coefficient (Wildman–Crippen LogP) is 2.20. The Kier molecular flexibility index (Phi) is 1.52. The molecule has 0 aliphatic heterocycles. The molecule has 0 aliphatic carbocycles. The van der Waals surface area contributed by atoms with Crippen molar-refractivity contribution in [1.29, 1.82) is 0 Å². The molecule has 0 saturated heterocycles. The van der Waals surface area contributed by atoms with Crippen LogP contribution in [-0.2, 0) is 6.42 Å². The molecule has 2 aromatic heterocycles. The van der Waals surface area contributed by atoms with Crippen molar-refractivity contribution in [3.8, 4) is 0 Å². The average molecular weight is 147 g/mol. The normalized spacial score (nSPS) is 10.2. The van der Waals surface area contributed by atoms with Gasteiger partial charge in [-0.2, -0.15) is 0 Å². The van der Waals surface area contributed by atoms with Crippen molar-refractivity contribution in [3.05, 3.63) is 48.2 Å². The van der Waals surface area contributed by atoms with Gasteiger partial charge in [0.1, 0.15) is 5.76 Å². The van der Waals surface area contributed by atoms with Crippen LogP contribution in [0.1, 0.15) is 11.5 Å². The second kappa shape index (κ2) is 2.66. The molecule has 2 rings (SSSR count). The average Bonchev–Trinajstić information content (AvgIpc) is 2.60. The highest BCUT2D eigenvalue weighted by molar-refractivity contribution is 5.12. The molecule has 0 saturated carbocycles. The molecule has 0 spiro atoms. The van der Waals surface area contributed by atoms with Crippen LogP contribution >= 0.6 is 0 Å². The van der Waals surface area contributed by atoms with Gasteiger partial charge in [-0.1, -0.05) is 0 Å². The summed E-state index contributed by atoms with van der Waals surface area (Å²) in [5.41, 5.74) is 1.18. The van der Waals surface area contributed by atoms with Crippen LogP contribution < -0.4 is 0 Å². The Morgan fingerprint density at radius 3 is 2.91 bits per heavy atom. The molecule has 0 aromatic carbocycles. The van der Waals surface area contributed by atoms with Gasteiger partial charge in [0, 0.05) is 18.3 Å². The highest BCUT2D eigenvalue weighted by atomic mass is 16.3. The minimum atomic E-state index is 0.847. The van der Waals surface area contributed by atoms with E-state index in [1.54, 1.807) is 6.26 Å². The van der Waals surface area contributed by atoms with Gasteiger partial charge in [-0.15, -0.1) is 0 Å². The maximum absolute atomic E-state index is 5.19. The minimum absolute atomic E-state index is 0.847. The Bertz CT molecular complexity index is 262. The predicted molar refractivity (Wildman–Crippen MR) is 42.3 cm³/mol. The van der Waals surface area contributed by atoms with Crippen molar-refractivity contribution in [2.45, 2.75) is 6.42 Å². The van der Waals surface area contributed by atoms with E-state index in [1.807, 2.05) is 30.5 Å². The number of aromatic nitrogens is 1. The van der Waals surface area contributed by atoms with Gasteiger partial charge >= 0.3 is 0 Å². The minimum Gasteiger partial charge on any atom is -0.469 e. The maximum Gasteiger partial charge on any atom is 0.109 e. The quantitative estimate of drug-likeness (QED) is 0.693. The summed E-state index contributed by atoms with van der Waals surface area (Å²) in [7, 11) is 0. The van der Waals surface area contributed by atoms with Gasteiger partial charge in [0.15, 0.2) is 0 Å². The van der Waals surface area contributed by atoms with E-state index in [0.717, 1.165) is 12.2 Å². The largest absolute Gasteiger partial charge is 0.469 e. The monoisotopic (exact) mass is 147 g/mol. The first-order valence-electron chi connectivity index (χ1n) is 3.60. The molecule has 0 radical (unpaired) electrons. The highest BCUT2D eigenvalue weighted by Crippen LogP contribution is 2.06. The first-order valence-corrected chi connectivity index (χ1v) is 3.60. The topological polar surface area (TPSA) is 28.9 Å². The summed E-state index contributed by atoms with van der Waals surface area (Å²) < 4.78 is 5.19. The van der Waals surface area contributed by atoms with Gasteiger partial charge in [-0.25, -0.2) is 0 Å². The molecule has 1 N–H and O–H groups in total. The summed E-state index contributed by atoms with van der Waals surface area (Å²) in [6.07, 6.45) is 4.45. The molecule has 0 bridgehead atoms. The lowest BCUT2D eigenvalue weighted by atomic mass is 10.2. The Morgan fingerprint density at radius 2 is 2.27 bits per heavy atom. The van der Waals surface area contributed by atoms with Crippen LogP contribution in [0.4, 0.5) is 0 Å². The number of aromatic amines is 1. The number of hydrogen-bond acceptors (Lipinski definition) is 1. The zero-order chi connectivity index (χ0) is 7.52. The lowest BCUT2D eigenvalue weighted by Crippen LogP contribution is -1.83. The standard InChI is InChI=1S/C9H9NO/c1-3-8(10-5-1)7-9-4-2-6-11-9/h1-6,10H,7H2. The van der Waals surface area contributed by atoms with Crippen LogP contribution in [0.15, 0.2) is 41.1 Å². The fourth-order valence-electron chi connectivity index (χ4n) is 1.08. The zero-order valence-corrected chi connectivity index (χ0v) is 6.08. The molecule has 2 nitrogen and oxygen atoms in total. The van der Waals surface area contributed by atoms with Gasteiger partial charge in [-0.05, 0) is 24.3 Å². The van der Waals surface area contributed by atoms with E-state index < -0.39 is 0 Å². The fraction of sp³-hybridized carbons (Fsp3) is 0.111. The Labute approximate surface area is 64.9 Å². The van der Waals surface area contributed by atoms with Crippen molar-refractivity contribution in [2.75, 3.05) is 0 Å². The first kappa shape index (κ1) is 6.28. The number of hydrogen-bond donors (Lipinski definition) is 1. The molecule has 2 heterocycles. The molecule has 0 atom stereocenters. The molecule has 0 aliphatic rings. The van der Waals surface area contributed by atoms with E-state index in [0.29, 0.717) is 0 Å². The molecule has 0 amide bonds. The van der Waals surface area contributed by atoms with Crippen LogP contribution in [0.2, 0.25) is 0 Å². The smallest absolute Gasteiger partial charge is 0.109 e. The third kappa shape index (κ3) is 1.34. The van der Waals surface area contributed by atoms with Crippen molar-refractivity contribution in [3.63, 3.8) is 0 Å². The zero-order valence-electron chi connectivity index (χ0n) is 6.08. The van der Waals surface area contributed by atoms with Gasteiger partial charge in [-0.3, -0.25) is 0 Å². The summed E-state index contributed by atoms with van der Waals surface area (Å²) in [5, 5.41) is 0. The summed E-state index contributed by atoms with van der Waals surface area (Å²) in [4.78, 5) is 3.12. The van der Waals surface area contributed by atoms with E-state index in [2.05, 4.69) is 4.98 Å². The molecule has 56 valence electrons.